The second kappa shape index (κ2) is 9.05. The van der Waals surface area contributed by atoms with E-state index in [1.165, 1.54) is 43.4 Å². The van der Waals surface area contributed by atoms with Gasteiger partial charge in [0, 0.05) is 23.7 Å². The van der Waals surface area contributed by atoms with Crippen molar-refractivity contribution >= 4 is 22.8 Å². The van der Waals surface area contributed by atoms with Crippen molar-refractivity contribution in [1.29, 1.82) is 0 Å². The molecule has 0 atom stereocenters. The summed E-state index contributed by atoms with van der Waals surface area (Å²) in [4.78, 5) is 21.6. The first-order chi connectivity index (χ1) is 12.4. The van der Waals surface area contributed by atoms with E-state index in [1.54, 1.807) is 4.68 Å². The normalized spacial score (nSPS) is 15.7. The molecule has 2 aromatic rings. The maximum Gasteiger partial charge on any atom is 0.328 e. The Hall–Kier alpha value is -2.80. The Balaban J connectivity index is 0.000000260. The Morgan fingerprint density at radius 2 is 1.73 bits per heavy atom. The minimum atomic E-state index is -1.26. The summed E-state index contributed by atoms with van der Waals surface area (Å²) in [5, 5.41) is 17.0. The van der Waals surface area contributed by atoms with Gasteiger partial charge in [0.25, 0.3) is 0 Å². The fourth-order valence-corrected chi connectivity index (χ4v) is 3.26. The molecular formula is C19H25N3O4. The summed E-state index contributed by atoms with van der Waals surface area (Å²) in [6.45, 7) is 5.84. The number of rotatable bonds is 4. The number of nitrogens with two attached hydrogens (primary N) is 1. The number of hydrogen-bond donors (Lipinski definition) is 3. The number of carbonyl (C=O) groups is 2. The largest absolute Gasteiger partial charge is 0.478 e. The highest BCUT2D eigenvalue weighted by molar-refractivity contribution is 5.89. The molecule has 0 amide bonds. The third-order valence-corrected chi connectivity index (χ3v) is 4.61. The number of likely N-dealkylation sites (tertiary alicyclic amines) is 1. The van der Waals surface area contributed by atoms with Crippen LogP contribution in [0.2, 0.25) is 0 Å². The smallest absolute Gasteiger partial charge is 0.328 e. The van der Waals surface area contributed by atoms with Crippen LogP contribution >= 0.6 is 0 Å². The third-order valence-electron chi connectivity index (χ3n) is 4.61. The lowest BCUT2D eigenvalue weighted by molar-refractivity contribution is -0.134. The number of fused-ring (bicyclic) bond motifs is 1. The van der Waals surface area contributed by atoms with E-state index in [9.17, 15) is 9.59 Å². The molecule has 1 aromatic heterocycles. The molecule has 26 heavy (non-hydrogen) atoms. The van der Waals surface area contributed by atoms with Gasteiger partial charge >= 0.3 is 11.9 Å². The molecule has 3 rings (SSSR count). The van der Waals surface area contributed by atoms with Gasteiger partial charge in [-0.25, -0.2) is 9.59 Å². The number of benzene rings is 1. The van der Waals surface area contributed by atoms with E-state index in [1.807, 2.05) is 0 Å². The summed E-state index contributed by atoms with van der Waals surface area (Å²) in [5.41, 5.74) is 2.58. The molecule has 7 heteroatoms. The van der Waals surface area contributed by atoms with Crippen LogP contribution in [-0.4, -0.2) is 51.4 Å². The van der Waals surface area contributed by atoms with E-state index in [0.29, 0.717) is 18.1 Å². The zero-order valence-corrected chi connectivity index (χ0v) is 14.8. The van der Waals surface area contributed by atoms with E-state index < -0.39 is 11.9 Å². The second-order valence-corrected chi connectivity index (χ2v) is 6.23. The Kier molecular flexibility index (Phi) is 6.80. The van der Waals surface area contributed by atoms with Crippen molar-refractivity contribution in [3.05, 3.63) is 48.2 Å². The second-order valence-electron chi connectivity index (χ2n) is 6.23. The minimum Gasteiger partial charge on any atom is -0.478 e. The zero-order valence-electron chi connectivity index (χ0n) is 14.8. The minimum absolute atomic E-state index is 0.558. The SMILES string of the molecule is CCN1CCC(c2cn(N)c3ccccc23)CC1.O=C(O)/C=C/C(=O)O. The van der Waals surface area contributed by atoms with Crippen LogP contribution in [0.5, 0.6) is 0 Å². The molecule has 0 spiro atoms. The highest BCUT2D eigenvalue weighted by atomic mass is 16.4. The number of nitrogen functional groups attached to an aromatic ring is 1. The highest BCUT2D eigenvalue weighted by Crippen LogP contribution is 2.33. The maximum atomic E-state index is 9.55. The number of piperidine rings is 1. The standard InChI is InChI=1S/C15H21N3.C4H4O4/c1-2-17-9-7-12(8-10-17)14-11-18(16)15-6-4-3-5-13(14)15;5-3(6)1-2-4(7)8/h3-6,11-12H,2,7-10,16H2,1H3;1-2H,(H,5,6)(H,7,8)/b;2-1+. The van der Waals surface area contributed by atoms with Crippen molar-refractivity contribution in [2.24, 2.45) is 0 Å². The van der Waals surface area contributed by atoms with Crippen LogP contribution in [0, 0.1) is 0 Å². The maximum absolute atomic E-state index is 9.55. The van der Waals surface area contributed by atoms with Gasteiger partial charge in [0.2, 0.25) is 0 Å². The summed E-state index contributed by atoms with van der Waals surface area (Å²) in [6.07, 6.45) is 5.74. The predicted molar refractivity (Wildman–Crippen MR) is 101 cm³/mol. The molecule has 0 saturated carbocycles. The van der Waals surface area contributed by atoms with Gasteiger partial charge in [0.05, 0.1) is 5.52 Å². The number of nitrogens with zero attached hydrogens (tertiary/aromatic N) is 2. The molecule has 4 N–H and O–H groups in total. The van der Waals surface area contributed by atoms with Gasteiger partial charge in [0.15, 0.2) is 0 Å². The molecule has 1 fully saturated rings. The number of aromatic nitrogens is 1. The molecule has 0 aliphatic carbocycles. The molecule has 0 bridgehead atoms. The van der Waals surface area contributed by atoms with Crippen LogP contribution in [-0.2, 0) is 9.59 Å². The molecule has 140 valence electrons. The lowest BCUT2D eigenvalue weighted by Crippen LogP contribution is -2.32. The molecule has 1 aliphatic rings. The van der Waals surface area contributed by atoms with Crippen LogP contribution in [0.4, 0.5) is 0 Å². The van der Waals surface area contributed by atoms with Crippen molar-refractivity contribution in [3.63, 3.8) is 0 Å². The molecule has 2 heterocycles. The lowest BCUT2D eigenvalue weighted by atomic mass is 9.89. The molecule has 7 nitrogen and oxygen atoms in total. The molecule has 1 aliphatic heterocycles. The van der Waals surface area contributed by atoms with Crippen molar-refractivity contribution in [1.82, 2.24) is 9.58 Å². The van der Waals surface area contributed by atoms with Gasteiger partial charge in [-0.3, -0.25) is 4.68 Å². The van der Waals surface area contributed by atoms with Gasteiger partial charge in [-0.05, 0) is 50.0 Å². The molecule has 1 saturated heterocycles. The van der Waals surface area contributed by atoms with Crippen molar-refractivity contribution < 1.29 is 19.8 Å². The third kappa shape index (κ3) is 5.10. The van der Waals surface area contributed by atoms with E-state index in [2.05, 4.69) is 42.3 Å². The van der Waals surface area contributed by atoms with E-state index in [4.69, 9.17) is 16.1 Å². The fraction of sp³-hybridized carbons (Fsp3) is 0.368. The predicted octanol–water partition coefficient (Wildman–Crippen LogP) is 2.27. The van der Waals surface area contributed by atoms with Crippen molar-refractivity contribution in [2.45, 2.75) is 25.7 Å². The molecule has 0 unspecified atom stereocenters. The summed E-state index contributed by atoms with van der Waals surface area (Å²) in [5.74, 6) is 4.20. The van der Waals surface area contributed by atoms with Gasteiger partial charge in [0.1, 0.15) is 0 Å². The Bertz CT molecular complexity index is 773. The Morgan fingerprint density at radius 3 is 2.27 bits per heavy atom. The van der Waals surface area contributed by atoms with Crippen LogP contribution in [0.15, 0.2) is 42.6 Å². The fourth-order valence-electron chi connectivity index (χ4n) is 3.26. The number of hydrogen-bond acceptors (Lipinski definition) is 4. The summed E-state index contributed by atoms with van der Waals surface area (Å²) < 4.78 is 1.77. The Labute approximate surface area is 152 Å². The monoisotopic (exact) mass is 359 g/mol. The lowest BCUT2D eigenvalue weighted by Gasteiger charge is -2.30. The summed E-state index contributed by atoms with van der Waals surface area (Å²) in [6, 6.07) is 8.45. The first kappa shape index (κ1) is 19.5. The van der Waals surface area contributed by atoms with Gasteiger partial charge in [-0.15, -0.1) is 0 Å². The average Bonchev–Trinajstić information content (AvgIpc) is 2.98. The summed E-state index contributed by atoms with van der Waals surface area (Å²) in [7, 11) is 0. The van der Waals surface area contributed by atoms with Crippen LogP contribution in [0.1, 0.15) is 31.2 Å². The zero-order chi connectivity index (χ0) is 19.1. The quantitative estimate of drug-likeness (QED) is 0.571. The highest BCUT2D eigenvalue weighted by Gasteiger charge is 2.22. The van der Waals surface area contributed by atoms with Crippen LogP contribution in [0.25, 0.3) is 10.9 Å². The molecular weight excluding hydrogens is 334 g/mol. The van der Waals surface area contributed by atoms with E-state index in [0.717, 1.165) is 5.52 Å². The van der Waals surface area contributed by atoms with Crippen molar-refractivity contribution in [3.8, 4) is 0 Å². The Morgan fingerprint density at radius 1 is 1.15 bits per heavy atom. The first-order valence-corrected chi connectivity index (χ1v) is 8.63. The average molecular weight is 359 g/mol. The molecule has 0 radical (unpaired) electrons. The van der Waals surface area contributed by atoms with E-state index >= 15 is 0 Å². The number of para-hydroxylation sites is 1. The van der Waals surface area contributed by atoms with E-state index in [-0.39, 0.29) is 0 Å². The van der Waals surface area contributed by atoms with Crippen LogP contribution < -0.4 is 5.84 Å². The van der Waals surface area contributed by atoms with Gasteiger partial charge in [-0.2, -0.15) is 0 Å². The number of aliphatic carboxylic acids is 2. The first-order valence-electron chi connectivity index (χ1n) is 8.63. The molecule has 1 aromatic carbocycles. The van der Waals surface area contributed by atoms with Crippen LogP contribution in [0.3, 0.4) is 0 Å². The number of carboxylic acids is 2. The summed E-state index contributed by atoms with van der Waals surface area (Å²) >= 11 is 0. The van der Waals surface area contributed by atoms with Crippen molar-refractivity contribution in [2.75, 3.05) is 25.5 Å². The van der Waals surface area contributed by atoms with Gasteiger partial charge < -0.3 is 21.0 Å². The number of carboxylic acid groups (broad SMARTS) is 2. The topological polar surface area (TPSA) is 109 Å². The van der Waals surface area contributed by atoms with Gasteiger partial charge in [-0.1, -0.05) is 25.1 Å².